The molecule has 1 unspecified atom stereocenters. The van der Waals surface area contributed by atoms with Crippen molar-refractivity contribution in [1.29, 1.82) is 0 Å². The lowest BCUT2D eigenvalue weighted by Crippen LogP contribution is -2.22. The third-order valence-corrected chi connectivity index (χ3v) is 11.3. The number of hydrogen-bond acceptors (Lipinski definition) is 3. The Morgan fingerprint density at radius 1 is 0.938 bits per heavy atom. The number of carbonyl (C=O) groups is 2. The summed E-state index contributed by atoms with van der Waals surface area (Å²) < 4.78 is 8.44. The van der Waals surface area contributed by atoms with Gasteiger partial charge in [0.1, 0.15) is 5.75 Å². The van der Waals surface area contributed by atoms with Gasteiger partial charge in [-0.2, -0.15) is 0 Å². The van der Waals surface area contributed by atoms with Gasteiger partial charge >= 0.3 is 0 Å². The van der Waals surface area contributed by atoms with Crippen molar-refractivity contribution < 1.29 is 14.3 Å². The van der Waals surface area contributed by atoms with Crippen LogP contribution in [0.25, 0.3) is 10.9 Å². The van der Waals surface area contributed by atoms with Crippen LogP contribution in [0.1, 0.15) is 91.5 Å². The Labute approximate surface area is 303 Å². The highest BCUT2D eigenvalue weighted by Crippen LogP contribution is 2.48. The van der Waals surface area contributed by atoms with Gasteiger partial charge in [-0.1, -0.05) is 71.0 Å². The number of aromatic nitrogens is 1. The molecule has 3 aliphatic carbocycles. The number of ether oxygens (including phenoxy) is 1. The minimum absolute atomic E-state index is 0.00288. The summed E-state index contributed by atoms with van der Waals surface area (Å²) in [5.41, 5.74) is 3.07. The number of benzene rings is 3. The maximum absolute atomic E-state index is 13.5. The van der Waals surface area contributed by atoms with E-state index in [-0.39, 0.29) is 17.8 Å². The molecule has 3 aliphatic rings. The van der Waals surface area contributed by atoms with Gasteiger partial charge < -0.3 is 14.6 Å². The van der Waals surface area contributed by atoms with Crippen LogP contribution in [0.4, 0.5) is 0 Å². The maximum Gasteiger partial charge on any atom is 0.253 e. The number of amides is 1. The van der Waals surface area contributed by atoms with Gasteiger partial charge in [-0.05, 0) is 118 Å². The lowest BCUT2D eigenvalue weighted by atomic mass is 9.73. The topological polar surface area (TPSA) is 60.3 Å². The van der Waals surface area contributed by atoms with Crippen LogP contribution >= 0.6 is 46.4 Å². The number of rotatable bonds is 12. The fraction of sp³-hybridized carbons (Fsp3) is 0.436. The van der Waals surface area contributed by atoms with E-state index in [1.54, 1.807) is 30.3 Å². The van der Waals surface area contributed by atoms with E-state index in [1.165, 1.54) is 19.3 Å². The van der Waals surface area contributed by atoms with Crippen LogP contribution in [-0.4, -0.2) is 22.4 Å². The molecular weight excluding hydrogens is 686 g/mol. The second-order valence-electron chi connectivity index (χ2n) is 14.0. The zero-order valence-electron chi connectivity index (χ0n) is 27.4. The van der Waals surface area contributed by atoms with Crippen molar-refractivity contribution in [3.8, 4) is 5.75 Å². The lowest BCUT2D eigenvalue weighted by Gasteiger charge is -2.32. The Kier molecular flexibility index (Phi) is 11.3. The molecule has 4 atom stereocenters. The molecule has 4 aromatic rings. The Balaban J connectivity index is 1.13. The largest absolute Gasteiger partial charge is 0.489 e. The van der Waals surface area contributed by atoms with Crippen LogP contribution in [-0.2, 0) is 13.1 Å². The van der Waals surface area contributed by atoms with E-state index in [2.05, 4.69) is 9.88 Å². The fourth-order valence-corrected chi connectivity index (χ4v) is 8.89. The number of carbonyl (C=O) groups excluding carboxylic acids is 2. The molecule has 5 nitrogen and oxygen atoms in total. The van der Waals surface area contributed by atoms with Crippen LogP contribution in [0.3, 0.4) is 0 Å². The van der Waals surface area contributed by atoms with Gasteiger partial charge in [0.05, 0.1) is 27.2 Å². The number of Topliss-reactive ketones (excluding diaryl/α,β-unsaturated/α-hetero) is 1. The molecule has 0 aliphatic heterocycles. The van der Waals surface area contributed by atoms with Gasteiger partial charge in [0.15, 0.2) is 5.78 Å². The number of ketones is 1. The lowest BCUT2D eigenvalue weighted by molar-refractivity contribution is 0.0944. The Morgan fingerprint density at radius 2 is 1.73 bits per heavy atom. The average molecular weight is 729 g/mol. The highest BCUT2D eigenvalue weighted by molar-refractivity contribution is 6.42. The first-order valence-corrected chi connectivity index (χ1v) is 18.5. The summed E-state index contributed by atoms with van der Waals surface area (Å²) in [4.78, 5) is 26.7. The summed E-state index contributed by atoms with van der Waals surface area (Å²) in [6, 6.07) is 16.4. The molecule has 0 spiro atoms. The van der Waals surface area contributed by atoms with Crippen molar-refractivity contribution in [1.82, 2.24) is 9.88 Å². The van der Waals surface area contributed by atoms with Gasteiger partial charge in [0.25, 0.3) is 5.91 Å². The van der Waals surface area contributed by atoms with Crippen molar-refractivity contribution >= 4 is 69.0 Å². The zero-order chi connectivity index (χ0) is 33.9. The summed E-state index contributed by atoms with van der Waals surface area (Å²) in [5.74, 6) is 3.12. The van der Waals surface area contributed by atoms with Crippen LogP contribution in [0, 0.1) is 23.7 Å². The minimum atomic E-state index is -0.145. The van der Waals surface area contributed by atoms with E-state index < -0.39 is 0 Å². The van der Waals surface area contributed by atoms with E-state index in [4.69, 9.17) is 51.1 Å². The molecule has 1 heterocycles. The normalized spacial score (nSPS) is 20.6. The number of aryl methyl sites for hydroxylation is 1. The van der Waals surface area contributed by atoms with Gasteiger partial charge in [-0.15, -0.1) is 0 Å². The summed E-state index contributed by atoms with van der Waals surface area (Å²) in [5, 5.41) is 5.89. The van der Waals surface area contributed by atoms with Gasteiger partial charge in [-0.25, -0.2) is 0 Å². The molecule has 3 fully saturated rings. The Hall–Kier alpha value is -2.70. The maximum atomic E-state index is 13.5. The van der Waals surface area contributed by atoms with E-state index in [9.17, 15) is 9.59 Å². The van der Waals surface area contributed by atoms with Crippen molar-refractivity contribution in [3.63, 3.8) is 0 Å². The smallest absolute Gasteiger partial charge is 0.253 e. The Bertz CT molecular complexity index is 1780. The summed E-state index contributed by atoms with van der Waals surface area (Å²) in [7, 11) is 0. The minimum Gasteiger partial charge on any atom is -0.489 e. The molecule has 0 saturated heterocycles. The first kappa shape index (κ1) is 35.1. The van der Waals surface area contributed by atoms with Crippen LogP contribution in [0.15, 0.2) is 60.8 Å². The predicted molar refractivity (Wildman–Crippen MR) is 197 cm³/mol. The molecule has 1 amide bonds. The molecule has 0 radical (unpaired) electrons. The number of nitrogens with zero attached hydrogens (tertiary/aromatic N) is 1. The molecule has 3 saturated carbocycles. The molecule has 3 aromatic carbocycles. The highest BCUT2D eigenvalue weighted by Gasteiger charge is 2.37. The molecule has 7 rings (SSSR count). The molecule has 9 heteroatoms. The van der Waals surface area contributed by atoms with Gasteiger partial charge in [0.2, 0.25) is 0 Å². The monoisotopic (exact) mass is 726 g/mol. The van der Waals surface area contributed by atoms with Crippen molar-refractivity contribution in [2.45, 2.75) is 84.4 Å². The molecule has 254 valence electrons. The second kappa shape index (κ2) is 15.5. The number of halogens is 4. The summed E-state index contributed by atoms with van der Waals surface area (Å²) in [6.45, 7) is 5.17. The van der Waals surface area contributed by atoms with Crippen molar-refractivity contribution in [2.24, 2.45) is 23.7 Å². The predicted octanol–water partition coefficient (Wildman–Crippen LogP) is 11.5. The molecule has 1 N–H and O–H groups in total. The third kappa shape index (κ3) is 8.35. The highest BCUT2D eigenvalue weighted by atomic mass is 35.5. The number of fused-ring (bicyclic) bond motifs is 5. The van der Waals surface area contributed by atoms with Crippen LogP contribution < -0.4 is 10.1 Å². The molecular formula is C39H42Cl4N2O3. The molecule has 48 heavy (non-hydrogen) atoms. The summed E-state index contributed by atoms with van der Waals surface area (Å²) >= 11 is 24.6. The van der Waals surface area contributed by atoms with Crippen LogP contribution in [0.2, 0.25) is 20.1 Å². The number of nitrogens with one attached hydrogen (secondary N) is 1. The second-order valence-corrected chi connectivity index (χ2v) is 15.6. The average Bonchev–Trinajstić information content (AvgIpc) is 3.18. The summed E-state index contributed by atoms with van der Waals surface area (Å²) in [6.07, 6.45) is 10.6. The fourth-order valence-electron chi connectivity index (χ4n) is 8.04. The first-order valence-electron chi connectivity index (χ1n) is 17.0. The molecule has 2 bridgehead atoms. The van der Waals surface area contributed by atoms with Crippen molar-refractivity contribution in [2.75, 3.05) is 0 Å². The SMILES string of the molecule is CC(C)Oc1cccc2c(C(=O)NCc3ccc(Cl)c(Cl)c3)cn(CCCC3C[C@H]4CC[C@@H]3C[C@H](CC(=O)c3cc(Cl)cc(Cl)c3)C4)c12. The molecule has 1 aromatic heterocycles. The van der Waals surface area contributed by atoms with E-state index in [0.717, 1.165) is 54.4 Å². The van der Waals surface area contributed by atoms with Gasteiger partial charge in [-0.3, -0.25) is 9.59 Å². The quantitative estimate of drug-likeness (QED) is 0.148. The number of hydrogen-bond donors (Lipinski definition) is 1. The van der Waals surface area contributed by atoms with E-state index in [1.807, 2.05) is 44.3 Å². The zero-order valence-corrected chi connectivity index (χ0v) is 30.4. The van der Waals surface area contributed by atoms with E-state index >= 15 is 0 Å². The Morgan fingerprint density at radius 3 is 2.48 bits per heavy atom. The number of para-hydroxylation sites is 1. The van der Waals surface area contributed by atoms with Crippen LogP contribution in [0.5, 0.6) is 5.75 Å². The van der Waals surface area contributed by atoms with Gasteiger partial charge in [0, 0.05) is 46.7 Å². The standard InChI is InChI=1S/C39H42Cl4N2O3/c1-23(2)48-37-7-3-6-32-33(39(47)44-21-25-9-11-34(42)35(43)16-25)22-45(38(32)37)12-4-5-27-14-24-8-10-28(27)15-26(13-24)17-36(46)29-18-30(40)20-31(41)19-29/h3,6-7,9,11,16,18-20,22-24,26-28H,4-5,8,10,12-15,17,21H2,1-2H3,(H,44,47)/t24-,26+,27?,28+/m0/s1. The van der Waals surface area contributed by atoms with Crippen molar-refractivity contribution in [3.05, 3.63) is 97.6 Å². The third-order valence-electron chi connectivity index (χ3n) is 10.1. The van der Waals surface area contributed by atoms with E-state index in [0.29, 0.717) is 67.9 Å². The first-order chi connectivity index (χ1) is 23.0.